The Morgan fingerprint density at radius 1 is 1.36 bits per heavy atom. The standard InChI is InChI=1S/C17H26N5O5P/c1-3-25-17(26-4-2)28(23,24)11-14-9-18-15(10-27-14)12-6-5-7-13(8-12)16-19-21-22-20-16/h5-8,14-15,17-18H,3-4,9-11H2,1-2H3,(H,23,24)(H,19,20,21,22)/t14-,15+/m1/s1. The predicted octanol–water partition coefficient (Wildman–Crippen LogP) is 1.52. The molecule has 1 aliphatic heterocycles. The topological polar surface area (TPSA) is 131 Å². The predicted molar refractivity (Wildman–Crippen MR) is 102 cm³/mol. The van der Waals surface area contributed by atoms with Gasteiger partial charge in [0.05, 0.1) is 24.9 Å². The molecular weight excluding hydrogens is 385 g/mol. The summed E-state index contributed by atoms with van der Waals surface area (Å²) in [7, 11) is -3.67. The minimum Gasteiger partial charge on any atom is -0.374 e. The van der Waals surface area contributed by atoms with Crippen molar-refractivity contribution in [3.8, 4) is 11.4 Å². The zero-order valence-electron chi connectivity index (χ0n) is 15.9. The third kappa shape index (κ3) is 5.22. The molecule has 0 aliphatic carbocycles. The molecule has 0 amide bonds. The molecule has 0 spiro atoms. The van der Waals surface area contributed by atoms with Crippen LogP contribution < -0.4 is 5.32 Å². The first-order valence-electron chi connectivity index (χ1n) is 9.27. The molecule has 11 heteroatoms. The van der Waals surface area contributed by atoms with Crippen LogP contribution in [0, 0.1) is 0 Å². The molecule has 10 nitrogen and oxygen atoms in total. The van der Waals surface area contributed by atoms with E-state index in [9.17, 15) is 9.46 Å². The molecule has 1 aromatic heterocycles. The second-order valence-corrected chi connectivity index (χ2v) is 8.73. The molecule has 1 aromatic carbocycles. The molecule has 0 saturated carbocycles. The fraction of sp³-hybridized carbons (Fsp3) is 0.588. The number of ether oxygens (including phenoxy) is 3. The molecule has 3 N–H and O–H groups in total. The van der Waals surface area contributed by atoms with E-state index in [2.05, 4.69) is 25.9 Å². The van der Waals surface area contributed by atoms with Gasteiger partial charge in [-0.3, -0.25) is 4.57 Å². The van der Waals surface area contributed by atoms with Crippen molar-refractivity contribution in [2.24, 2.45) is 0 Å². The van der Waals surface area contributed by atoms with E-state index in [0.717, 1.165) is 11.1 Å². The molecule has 3 rings (SSSR count). The van der Waals surface area contributed by atoms with E-state index in [1.807, 2.05) is 24.3 Å². The maximum atomic E-state index is 12.7. The fourth-order valence-corrected chi connectivity index (χ4v) is 4.83. The van der Waals surface area contributed by atoms with Crippen LogP contribution in [-0.2, 0) is 18.8 Å². The number of tetrazole rings is 1. The van der Waals surface area contributed by atoms with Gasteiger partial charge in [0.1, 0.15) is 0 Å². The molecule has 1 unspecified atom stereocenters. The largest absolute Gasteiger partial charge is 0.374 e. The number of nitrogens with one attached hydrogen (secondary N) is 2. The van der Waals surface area contributed by atoms with Crippen molar-refractivity contribution in [3.63, 3.8) is 0 Å². The van der Waals surface area contributed by atoms with Crippen molar-refractivity contribution < 1.29 is 23.7 Å². The Balaban J connectivity index is 1.59. The summed E-state index contributed by atoms with van der Waals surface area (Å²) in [4.78, 5) is 10.4. The molecule has 1 fully saturated rings. The van der Waals surface area contributed by atoms with Crippen molar-refractivity contribution in [2.45, 2.75) is 32.0 Å². The molecule has 154 valence electrons. The van der Waals surface area contributed by atoms with E-state index in [1.165, 1.54) is 0 Å². The van der Waals surface area contributed by atoms with Crippen LogP contribution in [0.4, 0.5) is 0 Å². The smallest absolute Gasteiger partial charge is 0.257 e. The number of nitrogens with zero attached hydrogens (tertiary/aromatic N) is 3. The van der Waals surface area contributed by atoms with Gasteiger partial charge in [0, 0.05) is 25.3 Å². The first-order valence-corrected chi connectivity index (χ1v) is 11.2. The quantitative estimate of drug-likeness (QED) is 0.415. The van der Waals surface area contributed by atoms with E-state index in [4.69, 9.17) is 14.2 Å². The number of aromatic amines is 1. The monoisotopic (exact) mass is 411 g/mol. The highest BCUT2D eigenvalue weighted by atomic mass is 31.2. The number of hydrogen-bond acceptors (Lipinski definition) is 8. The minimum atomic E-state index is -3.67. The van der Waals surface area contributed by atoms with Crippen molar-refractivity contribution in [1.29, 1.82) is 0 Å². The Kier molecular flexibility index (Phi) is 7.28. The Morgan fingerprint density at radius 2 is 2.14 bits per heavy atom. The van der Waals surface area contributed by atoms with Crippen molar-refractivity contribution in [2.75, 3.05) is 32.5 Å². The van der Waals surface area contributed by atoms with Crippen molar-refractivity contribution in [3.05, 3.63) is 29.8 Å². The van der Waals surface area contributed by atoms with Crippen molar-refractivity contribution >= 4 is 7.37 Å². The first-order chi connectivity index (χ1) is 13.5. The SMILES string of the molecule is CCOC(OCC)P(=O)(O)C[C@H]1CN[C@H](c2cccc(-c3nn[nH]n3)c2)CO1. The average Bonchev–Trinajstić information content (AvgIpc) is 3.23. The fourth-order valence-electron chi connectivity index (χ4n) is 3.08. The molecule has 28 heavy (non-hydrogen) atoms. The van der Waals surface area contributed by atoms with Gasteiger partial charge in [0.25, 0.3) is 7.37 Å². The van der Waals surface area contributed by atoms with Gasteiger partial charge >= 0.3 is 0 Å². The third-order valence-corrected chi connectivity index (χ3v) is 6.28. The average molecular weight is 411 g/mol. The molecule has 3 atom stereocenters. The lowest BCUT2D eigenvalue weighted by Gasteiger charge is -2.33. The van der Waals surface area contributed by atoms with E-state index in [1.54, 1.807) is 13.8 Å². The number of morpholine rings is 1. The molecule has 2 aromatic rings. The summed E-state index contributed by atoms with van der Waals surface area (Å²) in [5.41, 5.74) is 1.88. The maximum Gasteiger partial charge on any atom is 0.257 e. The van der Waals surface area contributed by atoms with Crippen LogP contribution >= 0.6 is 7.37 Å². The van der Waals surface area contributed by atoms with E-state index in [-0.39, 0.29) is 12.2 Å². The lowest BCUT2D eigenvalue weighted by atomic mass is 10.0. The molecule has 0 bridgehead atoms. The number of benzene rings is 1. The summed E-state index contributed by atoms with van der Waals surface area (Å²) in [6.45, 7) is 4.96. The zero-order valence-corrected chi connectivity index (χ0v) is 16.8. The van der Waals surface area contributed by atoms with Gasteiger partial charge in [-0.25, -0.2) is 0 Å². The van der Waals surface area contributed by atoms with Crippen LogP contribution in [0.2, 0.25) is 0 Å². The van der Waals surface area contributed by atoms with Crippen LogP contribution in [0.5, 0.6) is 0 Å². The summed E-state index contributed by atoms with van der Waals surface area (Å²) >= 11 is 0. The highest BCUT2D eigenvalue weighted by molar-refractivity contribution is 7.58. The van der Waals surface area contributed by atoms with Gasteiger partial charge < -0.3 is 24.4 Å². The van der Waals surface area contributed by atoms with Crippen LogP contribution in [-0.4, -0.2) is 70.2 Å². The third-order valence-electron chi connectivity index (χ3n) is 4.40. The first kappa shape index (κ1) is 21.0. The van der Waals surface area contributed by atoms with Crippen molar-refractivity contribution in [1.82, 2.24) is 25.9 Å². The number of H-pyrrole nitrogens is 1. The normalized spacial score (nSPS) is 22.3. The Bertz CT molecular complexity index is 776. The molecular formula is C17H26N5O5P. The minimum absolute atomic E-state index is 0.0275. The summed E-state index contributed by atoms with van der Waals surface area (Å²) in [6, 6.07) is 6.65. The van der Waals surface area contributed by atoms with Gasteiger partial charge in [-0.2, -0.15) is 5.21 Å². The second-order valence-electron chi connectivity index (χ2n) is 6.43. The number of rotatable bonds is 9. The number of hydrogen-bond donors (Lipinski definition) is 3. The second kappa shape index (κ2) is 9.69. The molecule has 1 aliphatic rings. The van der Waals surface area contributed by atoms with Gasteiger partial charge in [-0.1, -0.05) is 18.2 Å². The highest BCUT2D eigenvalue weighted by Gasteiger charge is 2.37. The van der Waals surface area contributed by atoms with Gasteiger partial charge in [0.2, 0.25) is 11.9 Å². The van der Waals surface area contributed by atoms with Crippen LogP contribution in [0.15, 0.2) is 24.3 Å². The summed E-state index contributed by atoms with van der Waals surface area (Å²) < 4.78 is 29.1. The maximum absolute atomic E-state index is 12.7. The van der Waals surface area contributed by atoms with Crippen LogP contribution in [0.25, 0.3) is 11.4 Å². The Hall–Kier alpha value is -1.68. The van der Waals surface area contributed by atoms with Gasteiger partial charge in [-0.15, -0.1) is 10.2 Å². The Labute approximate surface area is 163 Å². The molecule has 1 saturated heterocycles. The summed E-state index contributed by atoms with van der Waals surface area (Å²) in [5, 5.41) is 17.4. The van der Waals surface area contributed by atoms with E-state index >= 15 is 0 Å². The van der Waals surface area contributed by atoms with E-state index in [0.29, 0.717) is 32.2 Å². The lowest BCUT2D eigenvalue weighted by Crippen LogP contribution is -2.43. The van der Waals surface area contributed by atoms with Gasteiger partial charge in [0.15, 0.2) is 0 Å². The van der Waals surface area contributed by atoms with Crippen LogP contribution in [0.1, 0.15) is 25.5 Å². The zero-order chi connectivity index (χ0) is 20.0. The Morgan fingerprint density at radius 3 is 2.75 bits per heavy atom. The highest BCUT2D eigenvalue weighted by Crippen LogP contribution is 2.48. The molecule has 0 radical (unpaired) electrons. The lowest BCUT2D eigenvalue weighted by molar-refractivity contribution is -0.0884. The van der Waals surface area contributed by atoms with E-state index < -0.39 is 19.5 Å². The molecule has 2 heterocycles. The van der Waals surface area contributed by atoms with Crippen LogP contribution in [0.3, 0.4) is 0 Å². The van der Waals surface area contributed by atoms with Gasteiger partial charge in [-0.05, 0) is 30.7 Å². The summed E-state index contributed by atoms with van der Waals surface area (Å²) in [6.07, 6.45) is -0.420. The summed E-state index contributed by atoms with van der Waals surface area (Å²) in [5.74, 6) is 0.524. The number of aromatic nitrogens is 4.